The van der Waals surface area contributed by atoms with Gasteiger partial charge < -0.3 is 15.2 Å². The zero-order valence-corrected chi connectivity index (χ0v) is 19.8. The number of amides is 1. The Morgan fingerprint density at radius 1 is 1.18 bits per heavy atom. The molecule has 0 unspecified atom stereocenters. The molecule has 166 valence electrons. The minimum Gasteiger partial charge on any atom is -0.488 e. The number of carbonyl (C=O) groups excluding carboxylic acids is 1. The molecular weight excluding hydrogens is 508 g/mol. The van der Waals surface area contributed by atoms with Gasteiger partial charge in [0, 0.05) is 20.7 Å². The topological polar surface area (TPSA) is 99.4 Å². The number of aromatic carboxylic acids is 1. The second-order valence-corrected chi connectivity index (χ2v) is 8.33. The smallest absolute Gasteiger partial charge is 0.335 e. The van der Waals surface area contributed by atoms with E-state index in [1.165, 1.54) is 18.2 Å². The largest absolute Gasteiger partial charge is 0.488 e. The molecule has 0 heterocycles. The minimum atomic E-state index is -1.00. The predicted molar refractivity (Wildman–Crippen MR) is 130 cm³/mol. The quantitative estimate of drug-likeness (QED) is 0.281. The van der Waals surface area contributed by atoms with E-state index in [1.807, 2.05) is 6.07 Å². The highest BCUT2D eigenvalue weighted by molar-refractivity contribution is 9.10. The molecule has 0 spiro atoms. The lowest BCUT2D eigenvalue weighted by Crippen LogP contribution is -2.14. The third-order valence-electron chi connectivity index (χ3n) is 4.75. The van der Waals surface area contributed by atoms with E-state index in [-0.39, 0.29) is 17.7 Å². The Balaban J connectivity index is 1.82. The Kier molecular flexibility index (Phi) is 7.88. The van der Waals surface area contributed by atoms with Gasteiger partial charge in [-0.3, -0.25) is 4.79 Å². The number of nitriles is 1. The summed E-state index contributed by atoms with van der Waals surface area (Å²) in [5.74, 6) is -1.11. The number of anilines is 1. The normalized spacial score (nSPS) is 10.9. The van der Waals surface area contributed by atoms with Crippen molar-refractivity contribution >= 4 is 51.2 Å². The number of halogens is 2. The predicted octanol–water partition coefficient (Wildman–Crippen LogP) is 6.23. The van der Waals surface area contributed by atoms with Crippen molar-refractivity contribution in [3.05, 3.63) is 98.0 Å². The molecule has 0 aromatic heterocycles. The number of nitrogens with one attached hydrogen (secondary N) is 1. The fraction of sp³-hybridized carbons (Fsp3) is 0.0800. The lowest BCUT2D eigenvalue weighted by atomic mass is 10.1. The second-order valence-electron chi connectivity index (χ2n) is 7.01. The fourth-order valence-corrected chi connectivity index (χ4v) is 3.46. The van der Waals surface area contributed by atoms with Gasteiger partial charge in [-0.25, -0.2) is 4.79 Å². The van der Waals surface area contributed by atoms with Gasteiger partial charge >= 0.3 is 5.97 Å². The Morgan fingerprint density at radius 2 is 1.91 bits per heavy atom. The molecule has 0 saturated carbocycles. The number of hydrogen-bond donors (Lipinski definition) is 2. The first-order valence-corrected chi connectivity index (χ1v) is 10.9. The van der Waals surface area contributed by atoms with Crippen LogP contribution >= 0.6 is 27.5 Å². The summed E-state index contributed by atoms with van der Waals surface area (Å²) < 4.78 is 6.63. The first-order chi connectivity index (χ1) is 15.8. The first-order valence-electron chi connectivity index (χ1n) is 9.71. The van der Waals surface area contributed by atoms with E-state index in [0.717, 1.165) is 10.0 Å². The highest BCUT2D eigenvalue weighted by atomic mass is 79.9. The zero-order chi connectivity index (χ0) is 24.0. The number of nitrogens with zero attached hydrogens (tertiary/aromatic N) is 1. The SMILES string of the molecule is Cc1c(Cl)cccc1NC(=O)/C(C#N)=C\c1cc(Br)ccc1OCc1ccc(C(=O)O)cc1. The summed E-state index contributed by atoms with van der Waals surface area (Å²) in [6.07, 6.45) is 1.45. The van der Waals surface area contributed by atoms with E-state index in [4.69, 9.17) is 21.4 Å². The van der Waals surface area contributed by atoms with Gasteiger partial charge in [-0.15, -0.1) is 0 Å². The van der Waals surface area contributed by atoms with Crippen LogP contribution in [0.3, 0.4) is 0 Å². The molecule has 2 N–H and O–H groups in total. The van der Waals surface area contributed by atoms with E-state index >= 15 is 0 Å². The summed E-state index contributed by atoms with van der Waals surface area (Å²) in [6.45, 7) is 1.95. The van der Waals surface area contributed by atoms with Crippen LogP contribution in [0.1, 0.15) is 27.0 Å². The van der Waals surface area contributed by atoms with Gasteiger partial charge in [-0.1, -0.05) is 45.7 Å². The third kappa shape index (κ3) is 6.22. The van der Waals surface area contributed by atoms with Gasteiger partial charge in [0.1, 0.15) is 24.0 Å². The van der Waals surface area contributed by atoms with E-state index in [2.05, 4.69) is 21.2 Å². The van der Waals surface area contributed by atoms with Gasteiger partial charge in [0.15, 0.2) is 0 Å². The number of hydrogen-bond acceptors (Lipinski definition) is 4. The highest BCUT2D eigenvalue weighted by Crippen LogP contribution is 2.28. The van der Waals surface area contributed by atoms with E-state index < -0.39 is 11.9 Å². The van der Waals surface area contributed by atoms with Crippen LogP contribution in [0, 0.1) is 18.3 Å². The van der Waals surface area contributed by atoms with Crippen LogP contribution in [0.15, 0.2) is 70.7 Å². The van der Waals surface area contributed by atoms with Gasteiger partial charge in [-0.05, 0) is 66.6 Å². The lowest BCUT2D eigenvalue weighted by molar-refractivity contribution is -0.112. The molecule has 3 aromatic rings. The molecule has 0 aliphatic heterocycles. The van der Waals surface area contributed by atoms with Crippen molar-refractivity contribution < 1.29 is 19.4 Å². The molecule has 0 saturated heterocycles. The maximum atomic E-state index is 12.7. The van der Waals surface area contributed by atoms with Gasteiger partial charge in [0.25, 0.3) is 5.91 Å². The highest BCUT2D eigenvalue weighted by Gasteiger charge is 2.14. The first kappa shape index (κ1) is 24.1. The fourth-order valence-electron chi connectivity index (χ4n) is 2.90. The van der Waals surface area contributed by atoms with Crippen LogP contribution in [0.4, 0.5) is 5.69 Å². The molecule has 1 amide bonds. The van der Waals surface area contributed by atoms with Gasteiger partial charge in [-0.2, -0.15) is 5.26 Å². The zero-order valence-electron chi connectivity index (χ0n) is 17.4. The summed E-state index contributed by atoms with van der Waals surface area (Å²) in [6, 6.07) is 18.6. The third-order valence-corrected chi connectivity index (χ3v) is 5.65. The molecule has 0 aliphatic carbocycles. The van der Waals surface area contributed by atoms with E-state index in [9.17, 15) is 14.9 Å². The monoisotopic (exact) mass is 524 g/mol. The van der Waals surface area contributed by atoms with E-state index in [0.29, 0.717) is 27.6 Å². The molecule has 3 rings (SSSR count). The molecule has 0 atom stereocenters. The summed E-state index contributed by atoms with van der Waals surface area (Å²) in [5.41, 5.74) is 2.59. The number of carbonyl (C=O) groups is 2. The van der Waals surface area contributed by atoms with Crippen LogP contribution in [0.5, 0.6) is 5.75 Å². The van der Waals surface area contributed by atoms with Crippen LogP contribution in [0.2, 0.25) is 5.02 Å². The molecule has 0 radical (unpaired) electrons. The minimum absolute atomic E-state index is 0.108. The van der Waals surface area contributed by atoms with Crippen LogP contribution in [0.25, 0.3) is 6.08 Å². The molecule has 0 fully saturated rings. The van der Waals surface area contributed by atoms with E-state index in [1.54, 1.807) is 55.5 Å². The van der Waals surface area contributed by atoms with Crippen LogP contribution in [-0.2, 0) is 11.4 Å². The van der Waals surface area contributed by atoms with Crippen molar-refractivity contribution in [3.63, 3.8) is 0 Å². The number of carboxylic acids is 1. The maximum Gasteiger partial charge on any atom is 0.335 e. The molecule has 33 heavy (non-hydrogen) atoms. The molecule has 3 aromatic carbocycles. The number of rotatable bonds is 7. The maximum absolute atomic E-state index is 12.7. The average Bonchev–Trinajstić information content (AvgIpc) is 2.80. The van der Waals surface area contributed by atoms with Crippen LogP contribution < -0.4 is 10.1 Å². The van der Waals surface area contributed by atoms with Crippen molar-refractivity contribution in [3.8, 4) is 11.8 Å². The molecule has 0 aliphatic rings. The number of benzene rings is 3. The Labute approximate surface area is 204 Å². The lowest BCUT2D eigenvalue weighted by Gasteiger charge is -2.12. The Morgan fingerprint density at radius 3 is 2.58 bits per heavy atom. The summed E-state index contributed by atoms with van der Waals surface area (Å²) >= 11 is 9.50. The molecule has 6 nitrogen and oxygen atoms in total. The standard InChI is InChI=1S/C25H18BrClN2O4/c1-15-21(27)3-2-4-22(15)29-24(30)19(13-28)11-18-12-20(26)9-10-23(18)33-14-16-5-7-17(8-6-16)25(31)32/h2-12H,14H2,1H3,(H,29,30)(H,31,32)/b19-11-. The van der Waals surface area contributed by atoms with Crippen molar-refractivity contribution in [2.24, 2.45) is 0 Å². The van der Waals surface area contributed by atoms with Crippen molar-refractivity contribution in [2.45, 2.75) is 13.5 Å². The average molecular weight is 526 g/mol. The molecule has 8 heteroatoms. The van der Waals surface area contributed by atoms with Crippen molar-refractivity contribution in [2.75, 3.05) is 5.32 Å². The van der Waals surface area contributed by atoms with Crippen molar-refractivity contribution in [1.29, 1.82) is 5.26 Å². The van der Waals surface area contributed by atoms with Crippen molar-refractivity contribution in [1.82, 2.24) is 0 Å². The summed E-state index contributed by atoms with van der Waals surface area (Å²) in [4.78, 5) is 23.7. The second kappa shape index (κ2) is 10.8. The summed E-state index contributed by atoms with van der Waals surface area (Å²) in [5, 5.41) is 21.8. The number of carboxylic acid groups (broad SMARTS) is 1. The van der Waals surface area contributed by atoms with Gasteiger partial charge in [0.05, 0.1) is 5.56 Å². The van der Waals surface area contributed by atoms with Crippen LogP contribution in [-0.4, -0.2) is 17.0 Å². The Hall–Kier alpha value is -3.60. The number of ether oxygens (including phenoxy) is 1. The summed E-state index contributed by atoms with van der Waals surface area (Å²) in [7, 11) is 0. The molecule has 0 bridgehead atoms. The molecular formula is C25H18BrClN2O4. The van der Waals surface area contributed by atoms with Gasteiger partial charge in [0.2, 0.25) is 0 Å². The Bertz CT molecular complexity index is 1280.